The van der Waals surface area contributed by atoms with Gasteiger partial charge in [-0.1, -0.05) is 18.2 Å². The summed E-state index contributed by atoms with van der Waals surface area (Å²) >= 11 is 1.43. The summed E-state index contributed by atoms with van der Waals surface area (Å²) in [6.45, 7) is 1.29. The number of hydrogen-bond donors (Lipinski definition) is 0. The first kappa shape index (κ1) is 15.3. The van der Waals surface area contributed by atoms with Gasteiger partial charge in [0, 0.05) is 48.4 Å². The van der Waals surface area contributed by atoms with Gasteiger partial charge in [-0.15, -0.1) is 0 Å². The minimum absolute atomic E-state index is 0.0980. The van der Waals surface area contributed by atoms with E-state index in [4.69, 9.17) is 0 Å². The van der Waals surface area contributed by atoms with Crippen LogP contribution in [0.3, 0.4) is 0 Å². The molecule has 4 heterocycles. The Morgan fingerprint density at radius 2 is 2.00 bits per heavy atom. The number of pyridine rings is 1. The number of benzene rings is 1. The van der Waals surface area contributed by atoms with Gasteiger partial charge in [-0.25, -0.2) is 4.98 Å². The van der Waals surface area contributed by atoms with Crippen LogP contribution in [0.15, 0.2) is 60.2 Å². The van der Waals surface area contributed by atoms with E-state index in [1.54, 1.807) is 0 Å². The van der Waals surface area contributed by atoms with Gasteiger partial charge in [0.1, 0.15) is 5.65 Å². The number of nitrogens with zero attached hydrogens (tertiary/aromatic N) is 4. The van der Waals surface area contributed by atoms with Gasteiger partial charge in [-0.2, -0.15) is 4.37 Å². The third-order valence-corrected chi connectivity index (χ3v) is 5.37. The average Bonchev–Trinajstić information content (AvgIpc) is 3.39. The minimum atomic E-state index is 0.0980. The molecule has 3 aromatic heterocycles. The van der Waals surface area contributed by atoms with Crippen LogP contribution in [-0.4, -0.2) is 31.1 Å². The summed E-state index contributed by atoms with van der Waals surface area (Å²) in [5.41, 5.74) is 5.82. The Kier molecular flexibility index (Phi) is 3.57. The number of carbonyl (C=O) groups excluding carboxylic acids is 1. The van der Waals surface area contributed by atoms with E-state index in [1.807, 2.05) is 69.5 Å². The molecule has 0 fully saturated rings. The molecule has 6 heteroatoms. The fraction of sp³-hybridized carbons (Fsp3) is 0.150. The Balaban J connectivity index is 1.38. The van der Waals surface area contributed by atoms with Gasteiger partial charge in [0.15, 0.2) is 0 Å². The summed E-state index contributed by atoms with van der Waals surface area (Å²) in [6, 6.07) is 13.9. The van der Waals surface area contributed by atoms with Crippen molar-refractivity contribution in [2.75, 3.05) is 6.54 Å². The second kappa shape index (κ2) is 6.07. The highest BCUT2D eigenvalue weighted by atomic mass is 32.1. The van der Waals surface area contributed by atoms with Crippen LogP contribution in [0.4, 0.5) is 0 Å². The predicted octanol–water partition coefficient (Wildman–Crippen LogP) is 3.66. The Morgan fingerprint density at radius 3 is 2.85 bits per heavy atom. The zero-order valence-electron chi connectivity index (χ0n) is 14.0. The number of imidazole rings is 1. The normalized spacial score (nSPS) is 13.5. The first-order valence-electron chi connectivity index (χ1n) is 8.54. The van der Waals surface area contributed by atoms with Crippen LogP contribution in [-0.2, 0) is 13.0 Å². The quantitative estimate of drug-likeness (QED) is 0.558. The van der Waals surface area contributed by atoms with E-state index < -0.39 is 0 Å². The number of hydrogen-bond acceptors (Lipinski definition) is 4. The molecule has 0 saturated heterocycles. The number of amides is 1. The second-order valence-electron chi connectivity index (χ2n) is 6.39. The first-order chi connectivity index (χ1) is 12.8. The van der Waals surface area contributed by atoms with Crippen molar-refractivity contribution in [3.05, 3.63) is 77.1 Å². The zero-order valence-corrected chi connectivity index (χ0v) is 14.8. The van der Waals surface area contributed by atoms with E-state index >= 15 is 0 Å². The molecule has 0 saturated carbocycles. The molecule has 26 heavy (non-hydrogen) atoms. The van der Waals surface area contributed by atoms with Gasteiger partial charge in [-0.05, 0) is 41.4 Å². The smallest absolute Gasteiger partial charge is 0.254 e. The summed E-state index contributed by atoms with van der Waals surface area (Å²) in [6.07, 6.45) is 4.76. The van der Waals surface area contributed by atoms with Crippen LogP contribution in [0.25, 0.3) is 16.9 Å². The van der Waals surface area contributed by atoms with E-state index in [0.717, 1.165) is 40.1 Å². The first-order valence-corrected chi connectivity index (χ1v) is 9.38. The lowest BCUT2D eigenvalue weighted by molar-refractivity contribution is 0.0780. The predicted molar refractivity (Wildman–Crippen MR) is 101 cm³/mol. The Labute approximate surface area is 154 Å². The molecule has 1 aliphatic heterocycles. The van der Waals surface area contributed by atoms with Crippen LogP contribution < -0.4 is 0 Å². The maximum Gasteiger partial charge on any atom is 0.254 e. The molecule has 0 unspecified atom stereocenters. The molecule has 0 atom stereocenters. The van der Waals surface area contributed by atoms with Gasteiger partial charge < -0.3 is 9.30 Å². The van der Waals surface area contributed by atoms with Crippen molar-refractivity contribution in [1.29, 1.82) is 0 Å². The highest BCUT2D eigenvalue weighted by Gasteiger charge is 2.29. The molecule has 4 aromatic rings. The number of carbonyl (C=O) groups is 1. The summed E-state index contributed by atoms with van der Waals surface area (Å²) in [5.74, 6) is 0.0980. The lowest BCUT2D eigenvalue weighted by atomic mass is 10.0. The van der Waals surface area contributed by atoms with Crippen LogP contribution >= 0.6 is 11.5 Å². The van der Waals surface area contributed by atoms with Gasteiger partial charge >= 0.3 is 0 Å². The Bertz CT molecular complexity index is 1070. The summed E-state index contributed by atoms with van der Waals surface area (Å²) < 4.78 is 6.44. The molecule has 0 radical (unpaired) electrons. The fourth-order valence-corrected chi connectivity index (χ4v) is 4.04. The molecule has 1 aliphatic rings. The summed E-state index contributed by atoms with van der Waals surface area (Å²) in [5, 5.41) is 1.96. The minimum Gasteiger partial charge on any atom is -0.334 e. The van der Waals surface area contributed by atoms with Crippen molar-refractivity contribution in [2.24, 2.45) is 0 Å². The van der Waals surface area contributed by atoms with E-state index in [1.165, 1.54) is 11.5 Å². The lowest BCUT2D eigenvalue weighted by Crippen LogP contribution is -2.26. The molecule has 5 rings (SSSR count). The molecule has 1 amide bonds. The summed E-state index contributed by atoms with van der Waals surface area (Å²) in [4.78, 5) is 19.3. The standard InChI is InChI=1S/C20H16N4OS/c25-20-16-5-3-4-15(18-8-11-26-22-18)17(16)13-24(20)10-7-14-12-23-9-2-1-6-19(23)21-14/h1-6,8-9,11-12H,7,10,13H2. The average molecular weight is 360 g/mol. The van der Waals surface area contributed by atoms with Gasteiger partial charge in [0.25, 0.3) is 5.91 Å². The largest absolute Gasteiger partial charge is 0.334 e. The molecular formula is C20H16N4OS. The SMILES string of the molecule is O=C1c2cccc(-c3ccsn3)c2CN1CCc1cn2ccccc2n1. The Hall–Kier alpha value is -2.99. The highest BCUT2D eigenvalue weighted by molar-refractivity contribution is 7.03. The number of fused-ring (bicyclic) bond motifs is 2. The topological polar surface area (TPSA) is 50.5 Å². The molecule has 128 valence electrons. The van der Waals surface area contributed by atoms with Crippen molar-refractivity contribution in [2.45, 2.75) is 13.0 Å². The zero-order chi connectivity index (χ0) is 17.5. The maximum absolute atomic E-state index is 12.8. The Morgan fingerprint density at radius 1 is 1.08 bits per heavy atom. The molecule has 0 spiro atoms. The van der Waals surface area contributed by atoms with Gasteiger partial charge in [0.2, 0.25) is 0 Å². The highest BCUT2D eigenvalue weighted by Crippen LogP contribution is 2.32. The van der Waals surface area contributed by atoms with E-state index in [2.05, 4.69) is 9.36 Å². The maximum atomic E-state index is 12.8. The lowest BCUT2D eigenvalue weighted by Gasteiger charge is -2.14. The van der Waals surface area contributed by atoms with Crippen LogP contribution in [0, 0.1) is 0 Å². The van der Waals surface area contributed by atoms with E-state index in [9.17, 15) is 4.79 Å². The van der Waals surface area contributed by atoms with Crippen molar-refractivity contribution >= 4 is 23.1 Å². The van der Waals surface area contributed by atoms with E-state index in [0.29, 0.717) is 13.1 Å². The van der Waals surface area contributed by atoms with Crippen molar-refractivity contribution in [3.8, 4) is 11.3 Å². The third-order valence-electron chi connectivity index (χ3n) is 4.81. The number of rotatable bonds is 4. The second-order valence-corrected chi connectivity index (χ2v) is 7.06. The van der Waals surface area contributed by atoms with Crippen molar-refractivity contribution in [3.63, 3.8) is 0 Å². The van der Waals surface area contributed by atoms with Crippen molar-refractivity contribution in [1.82, 2.24) is 18.7 Å². The molecule has 0 N–H and O–H groups in total. The summed E-state index contributed by atoms with van der Waals surface area (Å²) in [7, 11) is 0. The monoisotopic (exact) mass is 360 g/mol. The van der Waals surface area contributed by atoms with Gasteiger partial charge in [-0.3, -0.25) is 4.79 Å². The molecule has 0 bridgehead atoms. The molecule has 5 nitrogen and oxygen atoms in total. The van der Waals surface area contributed by atoms with Crippen LogP contribution in [0.2, 0.25) is 0 Å². The third kappa shape index (κ3) is 2.50. The fourth-order valence-electron chi connectivity index (χ4n) is 3.52. The van der Waals surface area contributed by atoms with Crippen LogP contribution in [0.1, 0.15) is 21.6 Å². The number of aromatic nitrogens is 3. The van der Waals surface area contributed by atoms with Gasteiger partial charge in [0.05, 0.1) is 11.4 Å². The van der Waals surface area contributed by atoms with E-state index in [-0.39, 0.29) is 5.91 Å². The molecule has 0 aliphatic carbocycles. The molecule has 1 aromatic carbocycles. The van der Waals surface area contributed by atoms with Crippen molar-refractivity contribution < 1.29 is 4.79 Å². The molecular weight excluding hydrogens is 344 g/mol. The van der Waals surface area contributed by atoms with Crippen LogP contribution in [0.5, 0.6) is 0 Å².